The van der Waals surface area contributed by atoms with E-state index in [0.29, 0.717) is 6.07 Å². The van der Waals surface area contributed by atoms with Gasteiger partial charge in [-0.1, -0.05) is 34.8 Å². The molecule has 0 radical (unpaired) electrons. The molecule has 9 heteroatoms. The first-order valence-electron chi connectivity index (χ1n) is 5.29. The van der Waals surface area contributed by atoms with Gasteiger partial charge in [0.15, 0.2) is 0 Å². The van der Waals surface area contributed by atoms with Crippen LogP contribution in [0.15, 0.2) is 23.0 Å². The van der Waals surface area contributed by atoms with E-state index in [0.717, 1.165) is 0 Å². The Kier molecular flexibility index (Phi) is 4.15. The second-order valence-electron chi connectivity index (χ2n) is 4.02. The average molecular weight is 359 g/mol. The summed E-state index contributed by atoms with van der Waals surface area (Å²) in [6, 6.07) is 2.90. The number of nitrogens with one attached hydrogen (secondary N) is 1. The Morgan fingerprint density at radius 3 is 2.24 bits per heavy atom. The minimum Gasteiger partial charge on any atom is -0.507 e. The van der Waals surface area contributed by atoms with Gasteiger partial charge in [0, 0.05) is 16.7 Å². The number of aromatic hydroxyl groups is 1. The summed E-state index contributed by atoms with van der Waals surface area (Å²) in [6.07, 6.45) is -4.80. The fraction of sp³-hybridized carbons (Fsp3) is 0.0833. The van der Waals surface area contributed by atoms with Crippen LogP contribution in [0.5, 0.6) is 5.75 Å². The molecule has 0 saturated carbocycles. The van der Waals surface area contributed by atoms with Gasteiger partial charge in [-0.25, -0.2) is 0 Å². The first-order chi connectivity index (χ1) is 9.61. The monoisotopic (exact) mass is 357 g/mol. The van der Waals surface area contributed by atoms with Crippen molar-refractivity contribution < 1.29 is 18.3 Å². The van der Waals surface area contributed by atoms with Gasteiger partial charge in [0.25, 0.3) is 5.56 Å². The number of aromatic amines is 1. The second kappa shape index (κ2) is 5.44. The summed E-state index contributed by atoms with van der Waals surface area (Å²) in [7, 11) is 0. The van der Waals surface area contributed by atoms with Gasteiger partial charge in [-0.15, -0.1) is 0 Å². The highest BCUT2D eigenvalue weighted by Gasteiger charge is 2.33. The van der Waals surface area contributed by atoms with Crippen LogP contribution in [0.1, 0.15) is 5.69 Å². The summed E-state index contributed by atoms with van der Waals surface area (Å²) in [5.41, 5.74) is -3.06. The first-order valence-corrected chi connectivity index (χ1v) is 6.43. The van der Waals surface area contributed by atoms with Gasteiger partial charge in [-0.3, -0.25) is 4.79 Å². The largest absolute Gasteiger partial charge is 0.507 e. The Balaban J connectivity index is 2.75. The summed E-state index contributed by atoms with van der Waals surface area (Å²) >= 11 is 17.4. The molecule has 0 saturated heterocycles. The zero-order valence-electron chi connectivity index (χ0n) is 9.86. The fourth-order valence-electron chi connectivity index (χ4n) is 1.70. The van der Waals surface area contributed by atoms with Crippen LogP contribution in [0.25, 0.3) is 11.1 Å². The van der Waals surface area contributed by atoms with Crippen LogP contribution in [0.3, 0.4) is 0 Å². The van der Waals surface area contributed by atoms with Crippen molar-refractivity contribution in [3.8, 4) is 16.9 Å². The van der Waals surface area contributed by atoms with Crippen LogP contribution in [0.4, 0.5) is 13.2 Å². The molecule has 1 heterocycles. The number of benzene rings is 1. The number of hydrogen-bond donors (Lipinski definition) is 2. The van der Waals surface area contributed by atoms with Crippen molar-refractivity contribution in [3.05, 3.63) is 49.3 Å². The van der Waals surface area contributed by atoms with Crippen molar-refractivity contribution in [3.63, 3.8) is 0 Å². The fourth-order valence-corrected chi connectivity index (χ4v) is 2.39. The van der Waals surface area contributed by atoms with Crippen LogP contribution in [-0.2, 0) is 6.18 Å². The normalized spacial score (nSPS) is 11.7. The number of hydrogen-bond acceptors (Lipinski definition) is 2. The second-order valence-corrected chi connectivity index (χ2v) is 5.24. The molecule has 21 heavy (non-hydrogen) atoms. The van der Waals surface area contributed by atoms with E-state index in [9.17, 15) is 23.1 Å². The van der Waals surface area contributed by atoms with E-state index in [1.165, 1.54) is 12.1 Å². The highest BCUT2D eigenvalue weighted by molar-refractivity contribution is 6.45. The summed E-state index contributed by atoms with van der Waals surface area (Å²) in [5.74, 6) is -0.883. The van der Waals surface area contributed by atoms with Crippen molar-refractivity contribution >= 4 is 34.8 Å². The van der Waals surface area contributed by atoms with Gasteiger partial charge >= 0.3 is 6.18 Å². The molecule has 0 atom stereocenters. The lowest BCUT2D eigenvalue weighted by Crippen LogP contribution is -2.17. The number of aromatic nitrogens is 1. The average Bonchev–Trinajstić information content (AvgIpc) is 2.32. The predicted molar refractivity (Wildman–Crippen MR) is 74.2 cm³/mol. The molecule has 1 aromatic heterocycles. The molecule has 2 aromatic rings. The molecule has 0 aliphatic carbocycles. The lowest BCUT2D eigenvalue weighted by Gasteiger charge is -2.11. The molecule has 112 valence electrons. The van der Waals surface area contributed by atoms with Crippen LogP contribution < -0.4 is 5.56 Å². The number of alkyl halides is 3. The summed E-state index contributed by atoms with van der Waals surface area (Å²) < 4.78 is 37.6. The van der Waals surface area contributed by atoms with Gasteiger partial charge < -0.3 is 10.1 Å². The van der Waals surface area contributed by atoms with Crippen LogP contribution in [0, 0.1) is 0 Å². The number of H-pyrrole nitrogens is 1. The predicted octanol–water partition coefficient (Wildman–Crippen LogP) is 4.73. The van der Waals surface area contributed by atoms with Gasteiger partial charge in [-0.05, 0) is 12.1 Å². The van der Waals surface area contributed by atoms with E-state index in [2.05, 4.69) is 0 Å². The summed E-state index contributed by atoms with van der Waals surface area (Å²) in [4.78, 5) is 13.5. The molecule has 2 rings (SSSR count). The standard InChI is InChI=1S/C12H5Cl3F3NO2/c13-4-1-5(10(15)6(14)2-4)9-7(20)3-8(12(16,17)18)19-11(9)21/h1-3H,(H2,19,20,21). The van der Waals surface area contributed by atoms with E-state index in [1.807, 2.05) is 0 Å². The van der Waals surface area contributed by atoms with Gasteiger partial charge in [-0.2, -0.15) is 13.2 Å². The SMILES string of the molecule is O=c1[nH]c(C(F)(F)F)cc(O)c1-c1cc(Cl)cc(Cl)c1Cl. The first kappa shape index (κ1) is 16.0. The van der Waals surface area contributed by atoms with E-state index in [-0.39, 0.29) is 20.6 Å². The Hall–Kier alpha value is -1.37. The molecule has 0 spiro atoms. The minimum atomic E-state index is -4.80. The zero-order valence-corrected chi connectivity index (χ0v) is 12.1. The van der Waals surface area contributed by atoms with Crippen LogP contribution >= 0.6 is 34.8 Å². The van der Waals surface area contributed by atoms with Gasteiger partial charge in [0.1, 0.15) is 11.4 Å². The Bertz CT molecular complexity index is 772. The molecule has 0 aliphatic heterocycles. The summed E-state index contributed by atoms with van der Waals surface area (Å²) in [6.45, 7) is 0. The zero-order chi connectivity index (χ0) is 15.9. The third kappa shape index (κ3) is 3.12. The lowest BCUT2D eigenvalue weighted by atomic mass is 10.1. The van der Waals surface area contributed by atoms with Gasteiger partial charge in [0.05, 0.1) is 15.6 Å². The Morgan fingerprint density at radius 2 is 1.71 bits per heavy atom. The molecule has 3 nitrogen and oxygen atoms in total. The van der Waals surface area contributed by atoms with E-state index < -0.39 is 28.7 Å². The smallest absolute Gasteiger partial charge is 0.431 e. The highest BCUT2D eigenvalue weighted by atomic mass is 35.5. The third-order valence-electron chi connectivity index (χ3n) is 2.58. The van der Waals surface area contributed by atoms with Gasteiger partial charge in [0.2, 0.25) is 0 Å². The van der Waals surface area contributed by atoms with Crippen molar-refractivity contribution in [1.82, 2.24) is 4.98 Å². The molecular weight excluding hydrogens is 353 g/mol. The van der Waals surface area contributed by atoms with Crippen molar-refractivity contribution in [1.29, 1.82) is 0 Å². The molecule has 0 aliphatic rings. The van der Waals surface area contributed by atoms with Crippen molar-refractivity contribution in [2.24, 2.45) is 0 Å². The van der Waals surface area contributed by atoms with Crippen LogP contribution in [-0.4, -0.2) is 10.1 Å². The topological polar surface area (TPSA) is 53.1 Å². The molecule has 0 amide bonds. The van der Waals surface area contributed by atoms with E-state index >= 15 is 0 Å². The molecule has 1 aromatic carbocycles. The maximum absolute atomic E-state index is 12.5. The van der Waals surface area contributed by atoms with Crippen LogP contribution in [0.2, 0.25) is 15.1 Å². The van der Waals surface area contributed by atoms with Crippen molar-refractivity contribution in [2.45, 2.75) is 6.18 Å². The Labute approximate surface area is 130 Å². The number of rotatable bonds is 1. The Morgan fingerprint density at radius 1 is 1.10 bits per heavy atom. The maximum atomic E-state index is 12.5. The van der Waals surface area contributed by atoms with E-state index in [1.54, 1.807) is 4.98 Å². The minimum absolute atomic E-state index is 0.00198. The molecule has 2 N–H and O–H groups in total. The number of halogens is 6. The molecule has 0 bridgehead atoms. The van der Waals surface area contributed by atoms with Crippen molar-refractivity contribution in [2.75, 3.05) is 0 Å². The highest BCUT2D eigenvalue weighted by Crippen LogP contribution is 2.39. The maximum Gasteiger partial charge on any atom is 0.431 e. The summed E-state index contributed by atoms with van der Waals surface area (Å²) in [5, 5.41) is 9.73. The third-order valence-corrected chi connectivity index (χ3v) is 3.60. The quantitative estimate of drug-likeness (QED) is 0.724. The molecule has 0 unspecified atom stereocenters. The lowest BCUT2D eigenvalue weighted by molar-refractivity contribution is -0.141. The van der Waals surface area contributed by atoms with E-state index in [4.69, 9.17) is 34.8 Å². The molecular formula is C12H5Cl3F3NO2. The molecule has 0 fully saturated rings. The number of pyridine rings is 1.